The Morgan fingerprint density at radius 2 is 1.92 bits per heavy atom. The van der Waals surface area contributed by atoms with Crippen LogP contribution in [0, 0.1) is 5.92 Å². The van der Waals surface area contributed by atoms with Crippen LogP contribution in [0.3, 0.4) is 0 Å². The second-order valence-electron chi connectivity index (χ2n) is 6.03. The molecular weight excluding hydrogens is 336 g/mol. The zero-order valence-electron chi connectivity index (χ0n) is 14.7. The molecule has 2 rings (SSSR count). The molecule has 0 bridgehead atoms. The number of hydrogen-bond donors (Lipinski definition) is 2. The molecule has 0 aliphatic heterocycles. The van der Waals surface area contributed by atoms with E-state index in [1.807, 2.05) is 49.6 Å². The number of carbonyl (C=O) groups excluding carboxylic acids is 2. The van der Waals surface area contributed by atoms with Crippen molar-refractivity contribution in [3.63, 3.8) is 0 Å². The average molecular weight is 360 g/mol. The molecule has 0 aliphatic rings. The molecule has 1 heterocycles. The van der Waals surface area contributed by atoms with Crippen molar-refractivity contribution in [1.82, 2.24) is 10.6 Å². The summed E-state index contributed by atoms with van der Waals surface area (Å²) in [4.78, 5) is 25.3. The number of methoxy groups -OCH3 is 1. The van der Waals surface area contributed by atoms with Crippen molar-refractivity contribution < 1.29 is 14.3 Å². The topological polar surface area (TPSA) is 67.4 Å². The minimum absolute atomic E-state index is 0.00447. The Balaban J connectivity index is 1.91. The lowest BCUT2D eigenvalue weighted by atomic mass is 10.0. The van der Waals surface area contributed by atoms with Crippen molar-refractivity contribution in [2.24, 2.45) is 5.92 Å². The summed E-state index contributed by atoms with van der Waals surface area (Å²) in [6, 6.07) is 10.7. The van der Waals surface area contributed by atoms with Crippen LogP contribution in [0.5, 0.6) is 5.75 Å². The number of amides is 2. The van der Waals surface area contributed by atoms with E-state index in [1.165, 1.54) is 11.3 Å². The third-order valence-corrected chi connectivity index (χ3v) is 4.74. The molecule has 2 amide bonds. The third-order valence-electron chi connectivity index (χ3n) is 3.87. The van der Waals surface area contributed by atoms with Crippen LogP contribution in [0.1, 0.15) is 29.1 Å². The molecule has 2 aromatic rings. The van der Waals surface area contributed by atoms with Gasteiger partial charge in [0, 0.05) is 6.54 Å². The van der Waals surface area contributed by atoms with Crippen LogP contribution in [0.4, 0.5) is 0 Å². The van der Waals surface area contributed by atoms with Crippen molar-refractivity contribution in [2.45, 2.75) is 26.3 Å². The zero-order valence-corrected chi connectivity index (χ0v) is 15.6. The van der Waals surface area contributed by atoms with Gasteiger partial charge >= 0.3 is 0 Å². The Morgan fingerprint density at radius 3 is 2.56 bits per heavy atom. The molecule has 0 fully saturated rings. The number of ether oxygens (including phenoxy) is 1. The molecule has 25 heavy (non-hydrogen) atoms. The molecule has 2 N–H and O–H groups in total. The van der Waals surface area contributed by atoms with Crippen LogP contribution in [-0.2, 0) is 11.2 Å². The molecule has 0 unspecified atom stereocenters. The second kappa shape index (κ2) is 9.22. The molecule has 0 aliphatic carbocycles. The van der Waals surface area contributed by atoms with Gasteiger partial charge < -0.3 is 15.4 Å². The number of nitrogens with one attached hydrogen (secondary N) is 2. The molecule has 1 aromatic carbocycles. The van der Waals surface area contributed by atoms with Gasteiger partial charge in [-0.2, -0.15) is 0 Å². The highest BCUT2D eigenvalue weighted by Crippen LogP contribution is 2.17. The molecule has 0 radical (unpaired) electrons. The van der Waals surface area contributed by atoms with Crippen LogP contribution >= 0.6 is 11.3 Å². The summed E-state index contributed by atoms with van der Waals surface area (Å²) in [6.45, 7) is 4.32. The van der Waals surface area contributed by atoms with Gasteiger partial charge in [-0.15, -0.1) is 11.3 Å². The van der Waals surface area contributed by atoms with Gasteiger partial charge in [0.25, 0.3) is 5.91 Å². The van der Waals surface area contributed by atoms with E-state index < -0.39 is 6.04 Å². The Morgan fingerprint density at radius 1 is 1.16 bits per heavy atom. The van der Waals surface area contributed by atoms with Gasteiger partial charge in [0.05, 0.1) is 12.0 Å². The number of para-hydroxylation sites is 1. The lowest BCUT2D eigenvalue weighted by molar-refractivity contribution is -0.123. The number of carbonyl (C=O) groups is 2. The quantitative estimate of drug-likeness (QED) is 0.761. The van der Waals surface area contributed by atoms with Crippen molar-refractivity contribution in [2.75, 3.05) is 13.7 Å². The van der Waals surface area contributed by atoms with Crippen molar-refractivity contribution in [3.05, 3.63) is 52.2 Å². The number of hydrogen-bond acceptors (Lipinski definition) is 4. The molecule has 1 aromatic heterocycles. The predicted molar refractivity (Wildman–Crippen MR) is 100 cm³/mol. The minimum Gasteiger partial charge on any atom is -0.496 e. The van der Waals surface area contributed by atoms with Gasteiger partial charge in [-0.05, 0) is 35.4 Å². The second-order valence-corrected chi connectivity index (χ2v) is 6.97. The van der Waals surface area contributed by atoms with E-state index in [0.29, 0.717) is 17.8 Å². The van der Waals surface area contributed by atoms with Crippen LogP contribution in [0.15, 0.2) is 41.8 Å². The van der Waals surface area contributed by atoms with Gasteiger partial charge in [-0.1, -0.05) is 38.1 Å². The maximum absolute atomic E-state index is 12.5. The SMILES string of the molecule is COc1ccccc1CCNC(=O)[C@@H](NC(=O)c1cccs1)C(C)C. The molecule has 134 valence electrons. The van der Waals surface area contributed by atoms with Crippen LogP contribution in [0.25, 0.3) is 0 Å². The van der Waals surface area contributed by atoms with Gasteiger partial charge in [0.1, 0.15) is 11.8 Å². The van der Waals surface area contributed by atoms with E-state index in [-0.39, 0.29) is 17.7 Å². The van der Waals surface area contributed by atoms with Crippen molar-refractivity contribution in [1.29, 1.82) is 0 Å². The molecule has 1 atom stereocenters. The first-order valence-corrected chi connectivity index (χ1v) is 9.15. The fourth-order valence-corrected chi connectivity index (χ4v) is 3.12. The zero-order chi connectivity index (χ0) is 18.2. The Bertz CT molecular complexity index is 698. The number of benzene rings is 1. The summed E-state index contributed by atoms with van der Waals surface area (Å²) in [5.74, 6) is 0.418. The minimum atomic E-state index is -0.563. The summed E-state index contributed by atoms with van der Waals surface area (Å²) in [5, 5.41) is 7.57. The predicted octanol–water partition coefficient (Wildman–Crippen LogP) is 2.87. The van der Waals surface area contributed by atoms with E-state index in [9.17, 15) is 9.59 Å². The molecule has 5 nitrogen and oxygen atoms in total. The fraction of sp³-hybridized carbons (Fsp3) is 0.368. The highest BCUT2D eigenvalue weighted by Gasteiger charge is 2.24. The Hall–Kier alpha value is -2.34. The van der Waals surface area contributed by atoms with Gasteiger partial charge in [0.15, 0.2) is 0 Å². The lowest BCUT2D eigenvalue weighted by Crippen LogP contribution is -2.49. The summed E-state index contributed by atoms with van der Waals surface area (Å²) in [7, 11) is 1.63. The Labute approximate surface area is 152 Å². The molecule has 6 heteroatoms. The summed E-state index contributed by atoms with van der Waals surface area (Å²) in [5.41, 5.74) is 1.04. The first-order chi connectivity index (χ1) is 12.0. The highest BCUT2D eigenvalue weighted by atomic mass is 32.1. The fourth-order valence-electron chi connectivity index (χ4n) is 2.49. The molecular formula is C19H24N2O3S. The van der Waals surface area contributed by atoms with E-state index in [1.54, 1.807) is 13.2 Å². The normalized spacial score (nSPS) is 11.8. The van der Waals surface area contributed by atoms with E-state index >= 15 is 0 Å². The van der Waals surface area contributed by atoms with E-state index in [4.69, 9.17) is 4.74 Å². The first kappa shape index (κ1) is 19.0. The van der Waals surface area contributed by atoms with E-state index in [2.05, 4.69) is 10.6 Å². The molecule has 0 spiro atoms. The Kier molecular flexibility index (Phi) is 7.01. The summed E-state index contributed by atoms with van der Waals surface area (Å²) >= 11 is 1.36. The number of rotatable bonds is 8. The maximum atomic E-state index is 12.5. The van der Waals surface area contributed by atoms with Gasteiger partial charge in [-0.25, -0.2) is 0 Å². The monoisotopic (exact) mass is 360 g/mol. The van der Waals surface area contributed by atoms with Gasteiger partial charge in [0.2, 0.25) is 5.91 Å². The first-order valence-electron chi connectivity index (χ1n) is 8.27. The third kappa shape index (κ3) is 5.32. The van der Waals surface area contributed by atoms with Crippen molar-refractivity contribution >= 4 is 23.2 Å². The smallest absolute Gasteiger partial charge is 0.262 e. The standard InChI is InChI=1S/C19H24N2O3S/c1-13(2)17(21-18(22)16-9-6-12-25-16)19(23)20-11-10-14-7-4-5-8-15(14)24-3/h4-9,12-13,17H,10-11H2,1-3H3,(H,20,23)(H,21,22)/t17-/m0/s1. The van der Waals surface area contributed by atoms with Crippen LogP contribution < -0.4 is 15.4 Å². The van der Waals surface area contributed by atoms with Crippen LogP contribution in [0.2, 0.25) is 0 Å². The van der Waals surface area contributed by atoms with Crippen LogP contribution in [-0.4, -0.2) is 31.5 Å². The molecule has 0 saturated carbocycles. The molecule has 0 saturated heterocycles. The maximum Gasteiger partial charge on any atom is 0.262 e. The van der Waals surface area contributed by atoms with Crippen molar-refractivity contribution in [3.8, 4) is 5.75 Å². The summed E-state index contributed by atoms with van der Waals surface area (Å²) in [6.07, 6.45) is 0.666. The largest absolute Gasteiger partial charge is 0.496 e. The lowest BCUT2D eigenvalue weighted by Gasteiger charge is -2.21. The van der Waals surface area contributed by atoms with E-state index in [0.717, 1.165) is 11.3 Å². The average Bonchev–Trinajstić information content (AvgIpc) is 3.14. The highest BCUT2D eigenvalue weighted by molar-refractivity contribution is 7.12. The van der Waals surface area contributed by atoms with Gasteiger partial charge in [-0.3, -0.25) is 9.59 Å². The number of thiophene rings is 1. The summed E-state index contributed by atoms with van der Waals surface area (Å²) < 4.78 is 5.31.